The van der Waals surface area contributed by atoms with Crippen molar-refractivity contribution in [2.45, 2.75) is 26.0 Å². The molecule has 0 saturated carbocycles. The summed E-state index contributed by atoms with van der Waals surface area (Å²) in [6.45, 7) is 7.68. The Kier molecular flexibility index (Phi) is 2.35. The zero-order valence-electron chi connectivity index (χ0n) is 9.36. The molecule has 0 spiro atoms. The summed E-state index contributed by atoms with van der Waals surface area (Å²) in [7, 11) is 0. The second-order valence-electron chi connectivity index (χ2n) is 4.24. The van der Waals surface area contributed by atoms with Crippen molar-refractivity contribution >= 4 is 5.57 Å². The van der Waals surface area contributed by atoms with Crippen molar-refractivity contribution in [2.75, 3.05) is 6.61 Å². The molecule has 1 aliphatic heterocycles. The van der Waals surface area contributed by atoms with E-state index >= 15 is 0 Å². The van der Waals surface area contributed by atoms with E-state index in [4.69, 9.17) is 9.84 Å². The van der Waals surface area contributed by atoms with Gasteiger partial charge in [0.1, 0.15) is 17.5 Å². The van der Waals surface area contributed by atoms with E-state index in [9.17, 15) is 4.79 Å². The SMILES string of the molecule is C=C1c2c(ncn(CCO)c2=O)OC1(C)C. The quantitative estimate of drug-likeness (QED) is 0.787. The van der Waals surface area contributed by atoms with Crippen LogP contribution in [0.4, 0.5) is 0 Å². The van der Waals surface area contributed by atoms with Crippen molar-refractivity contribution in [1.29, 1.82) is 0 Å². The van der Waals surface area contributed by atoms with Gasteiger partial charge in [-0.15, -0.1) is 0 Å². The Labute approximate surface area is 93.0 Å². The number of fused-ring (bicyclic) bond motifs is 1. The second kappa shape index (κ2) is 3.45. The number of nitrogens with zero attached hydrogens (tertiary/aromatic N) is 2. The van der Waals surface area contributed by atoms with Crippen molar-refractivity contribution in [2.24, 2.45) is 0 Å². The average molecular weight is 222 g/mol. The van der Waals surface area contributed by atoms with Crippen molar-refractivity contribution < 1.29 is 9.84 Å². The molecule has 2 rings (SSSR count). The van der Waals surface area contributed by atoms with Gasteiger partial charge >= 0.3 is 0 Å². The molecule has 1 aliphatic rings. The van der Waals surface area contributed by atoms with E-state index in [0.717, 1.165) is 0 Å². The van der Waals surface area contributed by atoms with E-state index in [1.165, 1.54) is 10.9 Å². The Morgan fingerprint density at radius 3 is 2.94 bits per heavy atom. The molecule has 0 aliphatic carbocycles. The van der Waals surface area contributed by atoms with Gasteiger partial charge in [0.25, 0.3) is 5.56 Å². The summed E-state index contributed by atoms with van der Waals surface area (Å²) < 4.78 is 6.89. The number of aliphatic hydroxyl groups excluding tert-OH is 1. The molecule has 0 unspecified atom stereocenters. The molecule has 5 heteroatoms. The molecule has 0 amide bonds. The third kappa shape index (κ3) is 1.44. The minimum atomic E-state index is -0.590. The standard InChI is InChI=1S/C11H14N2O3/c1-7-8-9(16-11(7,2)3)12-6-13(4-5-14)10(8)15/h6,14H,1,4-5H2,2-3H3. The molecule has 86 valence electrons. The summed E-state index contributed by atoms with van der Waals surface area (Å²) in [6.07, 6.45) is 1.38. The summed E-state index contributed by atoms with van der Waals surface area (Å²) >= 11 is 0. The average Bonchev–Trinajstić information content (AvgIpc) is 2.44. The van der Waals surface area contributed by atoms with Crippen molar-refractivity contribution in [3.8, 4) is 5.88 Å². The highest BCUT2D eigenvalue weighted by Gasteiger charge is 2.37. The van der Waals surface area contributed by atoms with Gasteiger partial charge in [-0.25, -0.2) is 4.98 Å². The van der Waals surface area contributed by atoms with E-state index in [-0.39, 0.29) is 18.7 Å². The highest BCUT2D eigenvalue weighted by Crippen LogP contribution is 2.38. The lowest BCUT2D eigenvalue weighted by atomic mass is 9.97. The summed E-state index contributed by atoms with van der Waals surface area (Å²) in [5.41, 5.74) is 0.246. The number of aromatic nitrogens is 2. The lowest BCUT2D eigenvalue weighted by molar-refractivity contribution is 0.181. The molecule has 1 aromatic heterocycles. The van der Waals surface area contributed by atoms with Crippen LogP contribution in [0, 0.1) is 0 Å². The van der Waals surface area contributed by atoms with Gasteiger partial charge in [0.2, 0.25) is 5.88 Å². The van der Waals surface area contributed by atoms with Crippen LogP contribution in [-0.2, 0) is 6.54 Å². The molecule has 16 heavy (non-hydrogen) atoms. The normalized spacial score (nSPS) is 17.1. The fourth-order valence-corrected chi connectivity index (χ4v) is 1.68. The first kappa shape index (κ1) is 10.9. The van der Waals surface area contributed by atoms with Crippen LogP contribution in [0.5, 0.6) is 5.88 Å². The lowest BCUT2D eigenvalue weighted by Crippen LogP contribution is -2.26. The molecule has 1 N–H and O–H groups in total. The van der Waals surface area contributed by atoms with Crippen LogP contribution < -0.4 is 10.3 Å². The fourth-order valence-electron chi connectivity index (χ4n) is 1.68. The Balaban J connectivity index is 2.58. The maximum Gasteiger partial charge on any atom is 0.264 e. The molecule has 5 nitrogen and oxygen atoms in total. The number of aliphatic hydroxyl groups is 1. The topological polar surface area (TPSA) is 64.3 Å². The Morgan fingerprint density at radius 2 is 2.31 bits per heavy atom. The van der Waals surface area contributed by atoms with E-state index in [1.54, 1.807) is 0 Å². The summed E-state index contributed by atoms with van der Waals surface area (Å²) in [4.78, 5) is 16.1. The maximum absolute atomic E-state index is 12.0. The third-order valence-electron chi connectivity index (χ3n) is 2.72. The van der Waals surface area contributed by atoms with Gasteiger partial charge in [-0.3, -0.25) is 9.36 Å². The molecule has 0 fully saturated rings. The molecule has 0 atom stereocenters. The molecule has 0 bridgehead atoms. The van der Waals surface area contributed by atoms with E-state index in [0.29, 0.717) is 17.0 Å². The van der Waals surface area contributed by atoms with E-state index < -0.39 is 5.60 Å². The van der Waals surface area contributed by atoms with E-state index in [1.807, 2.05) is 13.8 Å². The largest absolute Gasteiger partial charge is 0.466 e. The Morgan fingerprint density at radius 1 is 1.62 bits per heavy atom. The van der Waals surface area contributed by atoms with Crippen LogP contribution in [0.2, 0.25) is 0 Å². The summed E-state index contributed by atoms with van der Waals surface area (Å²) in [6, 6.07) is 0. The smallest absolute Gasteiger partial charge is 0.264 e. The molecular formula is C11H14N2O3. The summed E-state index contributed by atoms with van der Waals surface area (Å²) in [5.74, 6) is 0.328. The van der Waals surface area contributed by atoms with E-state index in [2.05, 4.69) is 11.6 Å². The molecule has 0 aromatic carbocycles. The first-order valence-corrected chi connectivity index (χ1v) is 5.06. The van der Waals surface area contributed by atoms with Crippen LogP contribution >= 0.6 is 0 Å². The number of hydrogen-bond acceptors (Lipinski definition) is 4. The van der Waals surface area contributed by atoms with Crippen LogP contribution in [0.25, 0.3) is 5.57 Å². The lowest BCUT2D eigenvalue weighted by Gasteiger charge is -2.17. The first-order valence-electron chi connectivity index (χ1n) is 5.06. The predicted octanol–water partition coefficient (Wildman–Crippen LogP) is 0.420. The second-order valence-corrected chi connectivity index (χ2v) is 4.24. The van der Waals surface area contributed by atoms with Crippen LogP contribution in [0.15, 0.2) is 17.7 Å². The molecular weight excluding hydrogens is 208 g/mol. The van der Waals surface area contributed by atoms with Gasteiger partial charge < -0.3 is 9.84 Å². The van der Waals surface area contributed by atoms with Gasteiger partial charge in [-0.1, -0.05) is 6.58 Å². The van der Waals surface area contributed by atoms with Crippen molar-refractivity contribution in [3.63, 3.8) is 0 Å². The zero-order valence-corrected chi connectivity index (χ0v) is 9.36. The summed E-state index contributed by atoms with van der Waals surface area (Å²) in [5, 5.41) is 8.82. The maximum atomic E-state index is 12.0. The van der Waals surface area contributed by atoms with Crippen molar-refractivity contribution in [1.82, 2.24) is 9.55 Å². The number of rotatable bonds is 2. The molecule has 2 heterocycles. The molecule has 0 saturated heterocycles. The minimum Gasteiger partial charge on any atom is -0.466 e. The van der Waals surface area contributed by atoms with Gasteiger partial charge in [-0.2, -0.15) is 0 Å². The third-order valence-corrected chi connectivity index (χ3v) is 2.72. The van der Waals surface area contributed by atoms with Gasteiger partial charge in [0, 0.05) is 5.57 Å². The number of ether oxygens (including phenoxy) is 1. The van der Waals surface area contributed by atoms with Gasteiger partial charge in [-0.05, 0) is 13.8 Å². The highest BCUT2D eigenvalue weighted by atomic mass is 16.5. The molecule has 0 radical (unpaired) electrons. The Hall–Kier alpha value is -1.62. The van der Waals surface area contributed by atoms with Gasteiger partial charge in [0.05, 0.1) is 13.2 Å². The monoisotopic (exact) mass is 222 g/mol. The molecule has 1 aromatic rings. The fraction of sp³-hybridized carbons (Fsp3) is 0.455. The van der Waals surface area contributed by atoms with Crippen molar-refractivity contribution in [3.05, 3.63) is 28.8 Å². The number of hydrogen-bond donors (Lipinski definition) is 1. The Bertz CT molecular complexity index is 502. The highest BCUT2D eigenvalue weighted by molar-refractivity contribution is 5.76. The van der Waals surface area contributed by atoms with Crippen LogP contribution in [0.3, 0.4) is 0 Å². The first-order chi connectivity index (χ1) is 7.47. The minimum absolute atomic E-state index is 0.100. The van der Waals surface area contributed by atoms with Crippen LogP contribution in [0.1, 0.15) is 19.4 Å². The predicted molar refractivity (Wildman–Crippen MR) is 59.3 cm³/mol. The van der Waals surface area contributed by atoms with Gasteiger partial charge in [0.15, 0.2) is 0 Å². The van der Waals surface area contributed by atoms with Crippen LogP contribution in [-0.4, -0.2) is 26.9 Å². The zero-order chi connectivity index (χ0) is 11.9.